The molecule has 2 aliphatic rings. The van der Waals surface area contributed by atoms with Crippen molar-refractivity contribution in [2.24, 2.45) is 0 Å². The van der Waals surface area contributed by atoms with Crippen LogP contribution < -0.4 is 0 Å². The van der Waals surface area contributed by atoms with Gasteiger partial charge in [0.2, 0.25) is 0 Å². The number of halogens is 2. The molecule has 8 rings (SSSR count). The summed E-state index contributed by atoms with van der Waals surface area (Å²) in [5, 5.41) is 1.51. The Morgan fingerprint density at radius 1 is 0.537 bits per heavy atom. The monoisotopic (exact) mass is 818 g/mol. The van der Waals surface area contributed by atoms with Crippen molar-refractivity contribution in [1.29, 1.82) is 0 Å². The molecule has 0 saturated carbocycles. The number of hydrogen-bond acceptors (Lipinski definition) is 0. The fourth-order valence-electron chi connectivity index (χ4n) is 8.51. The molecule has 0 unspecified atom stereocenters. The van der Waals surface area contributed by atoms with Crippen molar-refractivity contribution < 1.29 is 21.3 Å². The molecule has 0 atom stereocenters. The van der Waals surface area contributed by atoms with Gasteiger partial charge in [0.15, 0.2) is 0 Å². The van der Waals surface area contributed by atoms with Crippen LogP contribution in [0.25, 0.3) is 33.4 Å². The molecule has 268 valence electrons. The normalized spacial score (nSPS) is 13.8. The van der Waals surface area contributed by atoms with Crippen LogP contribution in [0.2, 0.25) is 10.0 Å². The van der Waals surface area contributed by atoms with Gasteiger partial charge in [-0.05, 0) is 0 Å². The zero-order valence-corrected chi connectivity index (χ0v) is 35.9. The second kappa shape index (κ2) is 14.7. The summed E-state index contributed by atoms with van der Waals surface area (Å²) in [6.07, 6.45) is 8.02. The van der Waals surface area contributed by atoms with Crippen molar-refractivity contribution in [1.82, 2.24) is 0 Å². The quantitative estimate of drug-likeness (QED) is 0.157. The van der Waals surface area contributed by atoms with Gasteiger partial charge in [-0.15, -0.1) is 0 Å². The molecule has 0 radical (unpaired) electrons. The van der Waals surface area contributed by atoms with Crippen LogP contribution >= 0.6 is 23.2 Å². The van der Waals surface area contributed by atoms with E-state index in [2.05, 4.69) is 181 Å². The summed E-state index contributed by atoms with van der Waals surface area (Å²) in [4.78, 5) is 0. The summed E-state index contributed by atoms with van der Waals surface area (Å²) in [6, 6.07) is 49.4. The van der Waals surface area contributed by atoms with E-state index in [-0.39, 0.29) is 14.5 Å². The standard InChI is InChI=1S/C33H33.C13H8Cl2.C5H5.Zr/c1-32(2,3)30-20-26-24(18-28(30)22-13-9-7-10-14-22)17-25-19-29(23-15-11-8-12-16-23)31(21-27(25)26)33(4,5)6;14-12-5-1-3-10(8-12)7-11-4-2-6-13(15)9-11;1-2-4-5-3-1;/h7-21H,1-6H3;1-6,8-9H;1-3H,4H2;. The fraction of sp³-hybridized carbons (Fsp3) is 0.196. The summed E-state index contributed by atoms with van der Waals surface area (Å²) in [5.41, 5.74) is 15.9. The van der Waals surface area contributed by atoms with Crippen molar-refractivity contribution in [3.63, 3.8) is 0 Å². The van der Waals surface area contributed by atoms with E-state index in [1.54, 1.807) is 3.28 Å². The van der Waals surface area contributed by atoms with Gasteiger partial charge in [0.25, 0.3) is 0 Å². The van der Waals surface area contributed by atoms with Gasteiger partial charge < -0.3 is 0 Å². The number of rotatable bonds is 6. The van der Waals surface area contributed by atoms with Crippen LogP contribution in [0.3, 0.4) is 0 Å². The predicted molar refractivity (Wildman–Crippen MR) is 230 cm³/mol. The second-order valence-electron chi connectivity index (χ2n) is 16.8. The van der Waals surface area contributed by atoms with Crippen molar-refractivity contribution in [3.05, 3.63) is 198 Å². The van der Waals surface area contributed by atoms with Crippen LogP contribution in [0.5, 0.6) is 0 Å². The maximum absolute atomic E-state index is 6.85. The first kappa shape index (κ1) is 37.1. The molecule has 0 N–H and O–H groups in total. The van der Waals surface area contributed by atoms with Crippen molar-refractivity contribution in [3.8, 4) is 33.4 Å². The average Bonchev–Trinajstić information content (AvgIpc) is 3.79. The zero-order valence-electron chi connectivity index (χ0n) is 32.0. The van der Waals surface area contributed by atoms with Crippen LogP contribution in [0, 0.1) is 0 Å². The van der Waals surface area contributed by atoms with Crippen LogP contribution in [-0.4, -0.2) is 3.21 Å². The maximum atomic E-state index is 6.85. The second-order valence-corrected chi connectivity index (χ2v) is 23.9. The molecular weight excluding hydrogens is 775 g/mol. The molecule has 0 saturated heterocycles. The number of fused-ring (bicyclic) bond motifs is 3. The van der Waals surface area contributed by atoms with Crippen LogP contribution in [-0.2, 0) is 32.1 Å². The van der Waals surface area contributed by atoms with Gasteiger partial charge in [-0.1, -0.05) is 0 Å². The van der Waals surface area contributed by atoms with E-state index in [1.165, 1.54) is 70.0 Å². The van der Waals surface area contributed by atoms with Crippen molar-refractivity contribution >= 4 is 26.4 Å². The summed E-state index contributed by atoms with van der Waals surface area (Å²) in [5.74, 6) is 0. The fourth-order valence-corrected chi connectivity index (χ4v) is 17.8. The van der Waals surface area contributed by atoms with E-state index in [1.807, 2.05) is 12.1 Å². The first-order valence-corrected chi connectivity index (χ1v) is 23.6. The third kappa shape index (κ3) is 7.05. The molecule has 0 nitrogen and oxygen atoms in total. The van der Waals surface area contributed by atoms with E-state index in [9.17, 15) is 0 Å². The van der Waals surface area contributed by atoms with E-state index >= 15 is 0 Å². The van der Waals surface area contributed by atoms with Gasteiger partial charge in [0, 0.05) is 0 Å². The Balaban J connectivity index is 1.56. The van der Waals surface area contributed by atoms with Gasteiger partial charge in [-0.2, -0.15) is 0 Å². The summed E-state index contributed by atoms with van der Waals surface area (Å²) < 4.78 is 3.23. The van der Waals surface area contributed by atoms with Gasteiger partial charge in [0.1, 0.15) is 0 Å². The molecular formula is C51H46Cl2Zr. The Labute approximate surface area is 339 Å². The molecule has 2 aliphatic carbocycles. The van der Waals surface area contributed by atoms with E-state index in [0.717, 1.165) is 16.5 Å². The average molecular weight is 821 g/mol. The third-order valence-corrected chi connectivity index (χ3v) is 19.8. The Bertz CT molecular complexity index is 2330. The minimum atomic E-state index is -3.07. The molecule has 6 aromatic carbocycles. The first-order chi connectivity index (χ1) is 25.9. The topological polar surface area (TPSA) is 0 Å². The Morgan fingerprint density at radius 2 is 1.00 bits per heavy atom. The molecule has 0 amide bonds. The van der Waals surface area contributed by atoms with Crippen LogP contribution in [0.15, 0.2) is 155 Å². The summed E-state index contributed by atoms with van der Waals surface area (Å²) >= 11 is 10.6. The molecule has 3 heteroatoms. The first-order valence-electron chi connectivity index (χ1n) is 19.0. The van der Waals surface area contributed by atoms with Crippen LogP contribution in [0.1, 0.15) is 85.0 Å². The van der Waals surface area contributed by atoms with E-state index in [0.29, 0.717) is 0 Å². The molecule has 0 aromatic heterocycles. The molecule has 0 bridgehead atoms. The number of allylic oxidation sites excluding steroid dienone is 4. The Morgan fingerprint density at radius 3 is 1.39 bits per heavy atom. The zero-order chi connectivity index (χ0) is 37.8. The third-order valence-electron chi connectivity index (χ3n) is 11.0. The number of benzene rings is 6. The summed E-state index contributed by atoms with van der Waals surface area (Å²) in [6.45, 7) is 14.1. The van der Waals surface area contributed by atoms with Gasteiger partial charge in [0.05, 0.1) is 0 Å². The predicted octanol–water partition coefficient (Wildman–Crippen LogP) is 14.7. The van der Waals surface area contributed by atoms with E-state index in [4.69, 9.17) is 23.2 Å². The Kier molecular flexibility index (Phi) is 10.1. The SMILES string of the molecule is CC(C)(C)c1cc2c(cc1-c1ccccc1)[CH]([Zr]([C]1=CC=CC1)=[C](c1cccc(Cl)c1)c1cccc(Cl)c1)c1cc(-c3ccccc3)c(C(C)(C)C)cc1-2. The van der Waals surface area contributed by atoms with Crippen molar-refractivity contribution in [2.75, 3.05) is 0 Å². The number of hydrogen-bond donors (Lipinski definition) is 0. The van der Waals surface area contributed by atoms with Crippen LogP contribution in [0.4, 0.5) is 0 Å². The molecule has 54 heavy (non-hydrogen) atoms. The molecule has 6 aromatic rings. The van der Waals surface area contributed by atoms with Gasteiger partial charge in [-0.25, -0.2) is 0 Å². The molecule has 0 heterocycles. The molecule has 0 aliphatic heterocycles. The summed E-state index contributed by atoms with van der Waals surface area (Å²) in [7, 11) is 0. The molecule has 0 spiro atoms. The molecule has 0 fully saturated rings. The van der Waals surface area contributed by atoms with Crippen molar-refractivity contribution in [2.45, 2.75) is 62.4 Å². The van der Waals surface area contributed by atoms with Gasteiger partial charge >= 0.3 is 342 Å². The Hall–Kier alpha value is -3.87. The van der Waals surface area contributed by atoms with E-state index < -0.39 is 21.3 Å². The minimum absolute atomic E-state index is 0.0619. The van der Waals surface area contributed by atoms with Gasteiger partial charge in [-0.3, -0.25) is 0 Å².